The van der Waals surface area contributed by atoms with Gasteiger partial charge in [-0.1, -0.05) is 20.8 Å². The summed E-state index contributed by atoms with van der Waals surface area (Å²) in [5.41, 5.74) is -5.81. The number of ether oxygens (including phenoxy) is 3. The molecule has 2 heterocycles. The SMILES string of the molecule is CC1(C)O[C@@H](C(C)(C)O[SiH2]C(C)(C)C)[C@@H](COc2ccc3c(c2)C(C)(C)c2oc4cc(OS(=O)(=O)C(F)(F)F)ccc4c2C3=O)O1. The topological polar surface area (TPSA) is 110 Å². The van der Waals surface area contributed by atoms with Gasteiger partial charge < -0.3 is 27.2 Å². The van der Waals surface area contributed by atoms with Crippen molar-refractivity contribution in [3.8, 4) is 11.5 Å². The van der Waals surface area contributed by atoms with E-state index in [1.54, 1.807) is 18.2 Å². The van der Waals surface area contributed by atoms with E-state index in [1.807, 2.05) is 41.5 Å². The zero-order chi connectivity index (χ0) is 34.3. The largest absolute Gasteiger partial charge is 0.534 e. The third-order valence-corrected chi connectivity index (χ3v) is 10.7. The predicted molar refractivity (Wildman–Crippen MR) is 167 cm³/mol. The number of hydrogen-bond acceptors (Lipinski definition) is 9. The Kier molecular flexibility index (Phi) is 8.29. The Bertz CT molecular complexity index is 1790. The first-order valence-corrected chi connectivity index (χ1v) is 17.5. The van der Waals surface area contributed by atoms with E-state index in [0.717, 1.165) is 12.1 Å². The van der Waals surface area contributed by atoms with E-state index >= 15 is 0 Å². The molecule has 2 aliphatic rings. The maximum absolute atomic E-state index is 13.7. The van der Waals surface area contributed by atoms with Gasteiger partial charge in [0.2, 0.25) is 0 Å². The highest BCUT2D eigenvalue weighted by atomic mass is 32.2. The summed E-state index contributed by atoms with van der Waals surface area (Å²) in [6.45, 7) is 18.0. The van der Waals surface area contributed by atoms with Gasteiger partial charge in [0, 0.05) is 22.4 Å². The molecule has 0 unspecified atom stereocenters. The highest BCUT2D eigenvalue weighted by molar-refractivity contribution is 7.88. The number of carbonyl (C=O) groups excluding carboxylic acids is 1. The molecule has 0 N–H and O–H groups in total. The van der Waals surface area contributed by atoms with Crippen LogP contribution in [0.2, 0.25) is 5.04 Å². The average molecular weight is 685 g/mol. The second-order valence-electron chi connectivity index (χ2n) is 14.5. The lowest BCUT2D eigenvalue weighted by Gasteiger charge is -2.36. The molecule has 2 atom stereocenters. The van der Waals surface area contributed by atoms with E-state index < -0.39 is 60.2 Å². The minimum absolute atomic E-state index is 0.0111. The van der Waals surface area contributed by atoms with Crippen LogP contribution in [-0.4, -0.2) is 59.7 Å². The van der Waals surface area contributed by atoms with Crippen LogP contribution in [0.4, 0.5) is 13.2 Å². The van der Waals surface area contributed by atoms with Crippen LogP contribution >= 0.6 is 0 Å². The van der Waals surface area contributed by atoms with E-state index in [0.29, 0.717) is 22.3 Å². The predicted octanol–water partition coefficient (Wildman–Crippen LogP) is 6.53. The molecule has 252 valence electrons. The van der Waals surface area contributed by atoms with Gasteiger partial charge in [0.25, 0.3) is 0 Å². The molecule has 2 aromatic carbocycles. The van der Waals surface area contributed by atoms with Crippen LogP contribution in [0.25, 0.3) is 11.0 Å². The molecule has 5 rings (SSSR count). The van der Waals surface area contributed by atoms with Gasteiger partial charge in [-0.25, -0.2) is 0 Å². The van der Waals surface area contributed by atoms with Crippen LogP contribution < -0.4 is 8.92 Å². The first-order valence-electron chi connectivity index (χ1n) is 14.8. The van der Waals surface area contributed by atoms with Crippen LogP contribution in [0.3, 0.4) is 0 Å². The minimum Gasteiger partial charge on any atom is -0.491 e. The molecule has 1 aliphatic heterocycles. The van der Waals surface area contributed by atoms with Gasteiger partial charge in [0.05, 0.1) is 11.2 Å². The highest BCUT2D eigenvalue weighted by Crippen LogP contribution is 2.47. The number of alkyl halides is 3. The molecule has 46 heavy (non-hydrogen) atoms. The lowest BCUT2D eigenvalue weighted by atomic mass is 9.71. The molecule has 1 saturated heterocycles. The molecular formula is C32H39F3O9SSi. The van der Waals surface area contributed by atoms with Gasteiger partial charge in [-0.15, -0.1) is 0 Å². The average Bonchev–Trinajstić information content (AvgIpc) is 3.46. The molecule has 14 heteroatoms. The number of benzene rings is 2. The van der Waals surface area contributed by atoms with Crippen molar-refractivity contribution in [2.45, 2.75) is 102 Å². The molecule has 0 saturated carbocycles. The molecule has 9 nitrogen and oxygen atoms in total. The normalized spacial score (nSPS) is 21.5. The fourth-order valence-electron chi connectivity index (χ4n) is 5.76. The number of fused-ring (bicyclic) bond motifs is 4. The highest BCUT2D eigenvalue weighted by Gasteiger charge is 2.50. The summed E-state index contributed by atoms with van der Waals surface area (Å²) in [7, 11) is -6.77. The molecule has 0 amide bonds. The number of carbonyl (C=O) groups is 1. The summed E-state index contributed by atoms with van der Waals surface area (Å²) in [5, 5.41) is 0.414. The third-order valence-electron chi connectivity index (χ3n) is 8.01. The van der Waals surface area contributed by atoms with E-state index in [9.17, 15) is 26.4 Å². The van der Waals surface area contributed by atoms with E-state index in [-0.39, 0.29) is 34.3 Å². The number of ketones is 1. The Morgan fingerprint density at radius 1 is 0.935 bits per heavy atom. The number of furan rings is 1. The summed E-state index contributed by atoms with van der Waals surface area (Å²) in [5.74, 6) is -1.01. The second-order valence-corrected chi connectivity index (χ2v) is 18.7. The fraction of sp³-hybridized carbons (Fsp3) is 0.531. The molecule has 0 radical (unpaired) electrons. The number of halogens is 3. The molecular weight excluding hydrogens is 645 g/mol. The molecule has 3 aromatic rings. The van der Waals surface area contributed by atoms with E-state index in [2.05, 4.69) is 25.0 Å². The first-order chi connectivity index (χ1) is 20.9. The lowest BCUT2D eigenvalue weighted by molar-refractivity contribution is -0.162. The van der Waals surface area contributed by atoms with Gasteiger partial charge in [0.1, 0.15) is 41.7 Å². The lowest BCUT2D eigenvalue weighted by Crippen LogP contribution is -2.48. The molecule has 1 aromatic heterocycles. The summed E-state index contributed by atoms with van der Waals surface area (Å²) >= 11 is 0. The standard InChI is InChI=1S/C32H39F3O9SSi/c1-28(2,3)46-44-30(6,7)26-23(41-31(8,9)42-26)16-39-17-10-12-19-21(14-17)29(4,5)27-24(25(19)36)20-13-11-18(15-22(20)40-27)43-45(37,38)32(33,34)35/h10-15,23,26H,16,46H2,1-9H3/t23-,26-/m1/s1. The third kappa shape index (κ3) is 6.46. The summed E-state index contributed by atoms with van der Waals surface area (Å²) in [4.78, 5) is 13.7. The molecule has 0 spiro atoms. The van der Waals surface area contributed by atoms with Gasteiger partial charge in [-0.3, -0.25) is 4.79 Å². The smallest absolute Gasteiger partial charge is 0.491 e. The van der Waals surface area contributed by atoms with Gasteiger partial charge in [0.15, 0.2) is 21.3 Å². The van der Waals surface area contributed by atoms with Crippen molar-refractivity contribution < 1.29 is 53.6 Å². The van der Waals surface area contributed by atoms with Crippen molar-refractivity contribution in [3.05, 3.63) is 58.8 Å². The minimum atomic E-state index is -5.89. The quantitative estimate of drug-likeness (QED) is 0.149. The molecule has 1 fully saturated rings. The van der Waals surface area contributed by atoms with Gasteiger partial charge >= 0.3 is 15.6 Å². The van der Waals surface area contributed by atoms with E-state index in [4.69, 9.17) is 23.1 Å². The Morgan fingerprint density at radius 3 is 2.22 bits per heavy atom. The zero-order valence-electron chi connectivity index (χ0n) is 27.2. The molecule has 1 aliphatic carbocycles. The summed E-state index contributed by atoms with van der Waals surface area (Å²) in [6, 6.07) is 8.51. The van der Waals surface area contributed by atoms with Crippen LogP contribution in [0, 0.1) is 0 Å². The van der Waals surface area contributed by atoms with E-state index in [1.165, 1.54) is 6.07 Å². The van der Waals surface area contributed by atoms with Crippen LogP contribution in [0.5, 0.6) is 11.5 Å². The number of hydrogen-bond donors (Lipinski definition) is 0. The Balaban J connectivity index is 1.40. The monoisotopic (exact) mass is 684 g/mol. The Hall–Kier alpha value is -2.91. The van der Waals surface area contributed by atoms with Crippen molar-refractivity contribution in [2.24, 2.45) is 0 Å². The van der Waals surface area contributed by atoms with Crippen LogP contribution in [0.1, 0.15) is 89.6 Å². The second kappa shape index (κ2) is 11.1. The van der Waals surface area contributed by atoms with Gasteiger partial charge in [-0.05, 0) is 82.5 Å². The zero-order valence-corrected chi connectivity index (χ0v) is 29.5. The van der Waals surface area contributed by atoms with Crippen molar-refractivity contribution in [2.75, 3.05) is 6.61 Å². The maximum atomic E-state index is 13.7. The van der Waals surface area contributed by atoms with Crippen molar-refractivity contribution in [1.29, 1.82) is 0 Å². The maximum Gasteiger partial charge on any atom is 0.534 e. The van der Waals surface area contributed by atoms with Crippen LogP contribution in [0.15, 0.2) is 40.8 Å². The fourth-order valence-corrected chi connectivity index (χ4v) is 7.18. The summed E-state index contributed by atoms with van der Waals surface area (Å²) < 4.78 is 97.1. The van der Waals surface area contributed by atoms with Crippen molar-refractivity contribution in [1.82, 2.24) is 0 Å². The van der Waals surface area contributed by atoms with Crippen molar-refractivity contribution in [3.63, 3.8) is 0 Å². The molecule has 0 bridgehead atoms. The van der Waals surface area contributed by atoms with Crippen LogP contribution in [-0.2, 0) is 29.4 Å². The Morgan fingerprint density at radius 2 is 1.59 bits per heavy atom. The summed E-state index contributed by atoms with van der Waals surface area (Å²) in [6.07, 6.45) is -0.838. The first kappa shape index (κ1) is 34.4. The van der Waals surface area contributed by atoms with Crippen molar-refractivity contribution >= 4 is 36.6 Å². The van der Waals surface area contributed by atoms with Gasteiger partial charge in [-0.2, -0.15) is 21.6 Å². The Labute approximate surface area is 268 Å². The number of rotatable bonds is 8.